The number of rotatable bonds is 6. The first-order valence-corrected chi connectivity index (χ1v) is 7.47. The monoisotopic (exact) mass is 264 g/mol. The molecule has 1 heterocycles. The van der Waals surface area contributed by atoms with Gasteiger partial charge in [-0.2, -0.15) is 0 Å². The molecule has 0 amide bonds. The molecule has 1 aromatic carbocycles. The maximum absolute atomic E-state index is 13.2. The van der Waals surface area contributed by atoms with Gasteiger partial charge in [-0.25, -0.2) is 4.39 Å². The highest BCUT2D eigenvalue weighted by atomic mass is 19.1. The van der Waals surface area contributed by atoms with E-state index in [0.29, 0.717) is 0 Å². The third-order valence-corrected chi connectivity index (χ3v) is 3.92. The van der Waals surface area contributed by atoms with Crippen LogP contribution in [0.2, 0.25) is 0 Å². The summed E-state index contributed by atoms with van der Waals surface area (Å²) < 4.78 is 13.2. The zero-order chi connectivity index (χ0) is 13.5. The first kappa shape index (κ1) is 14.5. The van der Waals surface area contributed by atoms with E-state index in [1.54, 1.807) is 12.1 Å². The van der Waals surface area contributed by atoms with E-state index in [9.17, 15) is 4.39 Å². The van der Waals surface area contributed by atoms with Crippen LogP contribution in [0.25, 0.3) is 0 Å². The summed E-state index contributed by atoms with van der Waals surface area (Å²) in [5.74, 6) is -0.135. The van der Waals surface area contributed by atoms with Gasteiger partial charge in [0.15, 0.2) is 0 Å². The number of hydrogen-bond acceptors (Lipinski definition) is 2. The average Bonchev–Trinajstić information content (AvgIpc) is 2.44. The smallest absolute Gasteiger partial charge is 0.123 e. The van der Waals surface area contributed by atoms with Gasteiger partial charge in [-0.1, -0.05) is 25.5 Å². The van der Waals surface area contributed by atoms with Crippen molar-refractivity contribution in [3.8, 4) is 0 Å². The molecule has 3 heteroatoms. The van der Waals surface area contributed by atoms with Crippen LogP contribution in [0.1, 0.15) is 31.7 Å². The molecule has 0 radical (unpaired) electrons. The van der Waals surface area contributed by atoms with Crippen LogP contribution in [0.5, 0.6) is 0 Å². The lowest BCUT2D eigenvalue weighted by atomic mass is 10.1. The van der Waals surface area contributed by atoms with E-state index >= 15 is 0 Å². The molecular weight excluding hydrogens is 239 g/mol. The molecule has 0 bridgehead atoms. The molecule has 1 aromatic rings. The van der Waals surface area contributed by atoms with Crippen LogP contribution >= 0.6 is 0 Å². The van der Waals surface area contributed by atoms with E-state index in [0.717, 1.165) is 31.7 Å². The summed E-state index contributed by atoms with van der Waals surface area (Å²) in [6.07, 6.45) is 4.07. The third-order valence-electron chi connectivity index (χ3n) is 3.92. The van der Waals surface area contributed by atoms with E-state index in [1.165, 1.54) is 38.4 Å². The summed E-state index contributed by atoms with van der Waals surface area (Å²) in [6, 6.07) is 6.95. The lowest BCUT2D eigenvalue weighted by Gasteiger charge is -2.29. The SMILES string of the molecule is CCN(CCN1CCCCC1)Cc1cccc(F)c1. The fourth-order valence-corrected chi connectivity index (χ4v) is 2.71. The van der Waals surface area contributed by atoms with Gasteiger partial charge in [0.2, 0.25) is 0 Å². The van der Waals surface area contributed by atoms with Crippen LogP contribution in [-0.4, -0.2) is 42.5 Å². The Labute approximate surface area is 116 Å². The van der Waals surface area contributed by atoms with Crippen molar-refractivity contribution < 1.29 is 4.39 Å². The Hall–Kier alpha value is -0.930. The summed E-state index contributed by atoms with van der Waals surface area (Å²) in [5.41, 5.74) is 1.07. The normalized spacial score (nSPS) is 17.0. The number of hydrogen-bond donors (Lipinski definition) is 0. The highest BCUT2D eigenvalue weighted by molar-refractivity contribution is 5.16. The van der Waals surface area contributed by atoms with Gasteiger partial charge in [-0.3, -0.25) is 4.90 Å². The summed E-state index contributed by atoms with van der Waals surface area (Å²) in [5, 5.41) is 0. The molecule has 0 saturated carbocycles. The highest BCUT2D eigenvalue weighted by Gasteiger charge is 2.11. The second-order valence-electron chi connectivity index (χ2n) is 5.40. The molecule has 2 rings (SSSR count). The number of halogens is 1. The Kier molecular flexibility index (Phi) is 5.80. The minimum Gasteiger partial charge on any atom is -0.302 e. The summed E-state index contributed by atoms with van der Waals surface area (Å²) in [4.78, 5) is 4.95. The zero-order valence-corrected chi connectivity index (χ0v) is 11.9. The molecule has 0 aromatic heterocycles. The molecule has 0 N–H and O–H groups in total. The van der Waals surface area contributed by atoms with Gasteiger partial charge in [0.1, 0.15) is 5.82 Å². The molecule has 0 unspecified atom stereocenters. The summed E-state index contributed by atoms with van der Waals surface area (Å²) >= 11 is 0. The predicted molar refractivity (Wildman–Crippen MR) is 77.6 cm³/mol. The van der Waals surface area contributed by atoms with Gasteiger partial charge < -0.3 is 4.90 Å². The Bertz CT molecular complexity index is 375. The quantitative estimate of drug-likeness (QED) is 0.779. The summed E-state index contributed by atoms with van der Waals surface area (Å²) in [6.45, 7) is 8.76. The fourth-order valence-electron chi connectivity index (χ4n) is 2.71. The van der Waals surface area contributed by atoms with Crippen molar-refractivity contribution in [2.75, 3.05) is 32.7 Å². The van der Waals surface area contributed by atoms with E-state index in [4.69, 9.17) is 0 Å². The van der Waals surface area contributed by atoms with Crippen LogP contribution in [0.4, 0.5) is 4.39 Å². The minimum atomic E-state index is -0.135. The Morgan fingerprint density at radius 2 is 2.00 bits per heavy atom. The first-order chi connectivity index (χ1) is 9.28. The molecule has 1 aliphatic heterocycles. The first-order valence-electron chi connectivity index (χ1n) is 7.47. The number of nitrogens with zero attached hydrogens (tertiary/aromatic N) is 2. The molecule has 0 atom stereocenters. The predicted octanol–water partition coefficient (Wildman–Crippen LogP) is 3.13. The van der Waals surface area contributed by atoms with Gasteiger partial charge >= 0.3 is 0 Å². The van der Waals surface area contributed by atoms with E-state index in [-0.39, 0.29) is 5.82 Å². The van der Waals surface area contributed by atoms with Gasteiger partial charge in [-0.05, 0) is 50.2 Å². The molecule has 0 spiro atoms. The van der Waals surface area contributed by atoms with Crippen molar-refractivity contribution in [2.24, 2.45) is 0 Å². The Balaban J connectivity index is 1.79. The van der Waals surface area contributed by atoms with Gasteiger partial charge in [0.05, 0.1) is 0 Å². The van der Waals surface area contributed by atoms with Crippen molar-refractivity contribution >= 4 is 0 Å². The van der Waals surface area contributed by atoms with Crippen molar-refractivity contribution in [1.82, 2.24) is 9.80 Å². The lowest BCUT2D eigenvalue weighted by Crippen LogP contribution is -2.37. The molecule has 2 nitrogen and oxygen atoms in total. The standard InChI is InChI=1S/C16H25FN2/c1-2-18(11-12-19-9-4-3-5-10-19)14-15-7-6-8-16(17)13-15/h6-8,13H,2-5,9-12,14H2,1H3. The van der Waals surface area contributed by atoms with Gasteiger partial charge in [-0.15, -0.1) is 0 Å². The Morgan fingerprint density at radius 3 is 2.68 bits per heavy atom. The van der Waals surface area contributed by atoms with E-state index in [2.05, 4.69) is 16.7 Å². The van der Waals surface area contributed by atoms with Crippen molar-refractivity contribution in [3.63, 3.8) is 0 Å². The number of likely N-dealkylation sites (tertiary alicyclic amines) is 1. The van der Waals surface area contributed by atoms with Crippen molar-refractivity contribution in [2.45, 2.75) is 32.7 Å². The molecular formula is C16H25FN2. The maximum Gasteiger partial charge on any atom is 0.123 e. The number of likely N-dealkylation sites (N-methyl/N-ethyl adjacent to an activating group) is 1. The molecule has 1 aliphatic rings. The van der Waals surface area contributed by atoms with Crippen LogP contribution < -0.4 is 0 Å². The fraction of sp³-hybridized carbons (Fsp3) is 0.625. The van der Waals surface area contributed by atoms with Crippen LogP contribution in [0, 0.1) is 5.82 Å². The van der Waals surface area contributed by atoms with Crippen LogP contribution in [0.3, 0.4) is 0 Å². The van der Waals surface area contributed by atoms with Crippen LogP contribution in [0.15, 0.2) is 24.3 Å². The van der Waals surface area contributed by atoms with Gasteiger partial charge in [0, 0.05) is 19.6 Å². The molecule has 106 valence electrons. The largest absolute Gasteiger partial charge is 0.302 e. The number of benzene rings is 1. The summed E-state index contributed by atoms with van der Waals surface area (Å²) in [7, 11) is 0. The highest BCUT2D eigenvalue weighted by Crippen LogP contribution is 2.10. The topological polar surface area (TPSA) is 6.48 Å². The van der Waals surface area contributed by atoms with E-state index < -0.39 is 0 Å². The Morgan fingerprint density at radius 1 is 1.21 bits per heavy atom. The number of piperidine rings is 1. The third kappa shape index (κ3) is 4.92. The lowest BCUT2D eigenvalue weighted by molar-refractivity contribution is 0.181. The minimum absolute atomic E-state index is 0.135. The average molecular weight is 264 g/mol. The molecule has 1 fully saturated rings. The van der Waals surface area contributed by atoms with Gasteiger partial charge in [0.25, 0.3) is 0 Å². The van der Waals surface area contributed by atoms with Crippen molar-refractivity contribution in [1.29, 1.82) is 0 Å². The second kappa shape index (κ2) is 7.61. The van der Waals surface area contributed by atoms with Crippen LogP contribution in [-0.2, 0) is 6.54 Å². The molecule has 0 aliphatic carbocycles. The zero-order valence-electron chi connectivity index (χ0n) is 11.9. The van der Waals surface area contributed by atoms with E-state index in [1.807, 2.05) is 6.07 Å². The maximum atomic E-state index is 13.2. The molecule has 1 saturated heterocycles. The van der Waals surface area contributed by atoms with Crippen molar-refractivity contribution in [3.05, 3.63) is 35.6 Å². The molecule has 19 heavy (non-hydrogen) atoms. The second-order valence-corrected chi connectivity index (χ2v) is 5.40.